The van der Waals surface area contributed by atoms with Crippen molar-refractivity contribution >= 4 is 36.4 Å². The maximum Gasteiger partial charge on any atom is 0.151 e. The number of aromatic nitrogens is 4. The molecule has 29 heavy (non-hydrogen) atoms. The second-order valence-corrected chi connectivity index (χ2v) is 8.28. The van der Waals surface area contributed by atoms with Gasteiger partial charge in [-0.25, -0.2) is 0 Å². The van der Waals surface area contributed by atoms with Crippen LogP contribution >= 0.6 is 36.4 Å². The molecule has 1 aliphatic carbocycles. The van der Waals surface area contributed by atoms with Crippen molar-refractivity contribution in [3.8, 4) is 5.69 Å². The maximum atomic E-state index is 7.14. The minimum Gasteiger partial charge on any atom is -0.306 e. The lowest BCUT2D eigenvalue weighted by molar-refractivity contribution is 0.355. The van der Waals surface area contributed by atoms with Gasteiger partial charge in [0, 0.05) is 24.4 Å². The first-order valence-corrected chi connectivity index (χ1v) is 9.94. The van der Waals surface area contributed by atoms with E-state index in [0.29, 0.717) is 5.92 Å². The van der Waals surface area contributed by atoms with Gasteiger partial charge in [0.1, 0.15) is 6.33 Å². The predicted molar refractivity (Wildman–Crippen MR) is 119 cm³/mol. The summed E-state index contributed by atoms with van der Waals surface area (Å²) in [6.07, 6.45) is 7.77. The van der Waals surface area contributed by atoms with Gasteiger partial charge in [0.15, 0.2) is 5.82 Å². The third-order valence-electron chi connectivity index (χ3n) is 5.96. The molecule has 1 aliphatic heterocycles. The smallest absolute Gasteiger partial charge is 0.151 e. The van der Waals surface area contributed by atoms with Gasteiger partial charge < -0.3 is 5.32 Å². The lowest BCUT2D eigenvalue weighted by atomic mass is 9.76. The zero-order valence-electron chi connectivity index (χ0n) is 15.9. The predicted octanol–water partition coefficient (Wildman–Crippen LogP) is 4.90. The van der Waals surface area contributed by atoms with E-state index in [2.05, 4.69) is 55.4 Å². The molecule has 2 aromatic heterocycles. The number of hydrogen-bond donors (Lipinski definition) is 1. The van der Waals surface area contributed by atoms with Gasteiger partial charge in [0.2, 0.25) is 0 Å². The summed E-state index contributed by atoms with van der Waals surface area (Å²) in [5.74, 6) is 1.46. The fourth-order valence-electron chi connectivity index (χ4n) is 4.41. The minimum atomic E-state index is -0.289. The summed E-state index contributed by atoms with van der Waals surface area (Å²) < 4.78 is 2.07. The summed E-state index contributed by atoms with van der Waals surface area (Å²) in [6, 6.07) is 12.8. The molecule has 1 N–H and O–H groups in total. The van der Waals surface area contributed by atoms with Gasteiger partial charge in [0.05, 0.1) is 17.1 Å². The molecule has 1 aromatic carbocycles. The SMILES string of the molecule is Cl.Cl.ClC1(c2ccc3c(c2)CNCc2nncn2-3)CCC(c2ccccn2)CC1. The van der Waals surface area contributed by atoms with Crippen molar-refractivity contribution in [2.24, 2.45) is 0 Å². The Hall–Kier alpha value is -1.66. The average molecular weight is 453 g/mol. The fraction of sp³-hybridized carbons (Fsp3) is 0.381. The van der Waals surface area contributed by atoms with Crippen LogP contribution in [0.5, 0.6) is 0 Å². The van der Waals surface area contributed by atoms with E-state index >= 15 is 0 Å². The highest BCUT2D eigenvalue weighted by Gasteiger charge is 2.36. The first-order chi connectivity index (χ1) is 13.2. The van der Waals surface area contributed by atoms with Gasteiger partial charge in [-0.3, -0.25) is 9.55 Å². The molecule has 0 radical (unpaired) electrons. The molecule has 0 bridgehead atoms. The summed E-state index contributed by atoms with van der Waals surface area (Å²) in [7, 11) is 0. The van der Waals surface area contributed by atoms with Gasteiger partial charge in [-0.2, -0.15) is 0 Å². The van der Waals surface area contributed by atoms with Gasteiger partial charge in [-0.05, 0) is 55.0 Å². The van der Waals surface area contributed by atoms with Crippen molar-refractivity contribution in [2.45, 2.75) is 49.6 Å². The molecule has 3 aromatic rings. The van der Waals surface area contributed by atoms with Crippen LogP contribution in [0.2, 0.25) is 0 Å². The molecule has 1 fully saturated rings. The van der Waals surface area contributed by atoms with E-state index in [1.54, 1.807) is 6.33 Å². The molecular formula is C21H24Cl3N5. The van der Waals surface area contributed by atoms with Crippen LogP contribution in [-0.2, 0) is 18.0 Å². The average Bonchev–Trinajstić information content (AvgIpc) is 3.10. The number of rotatable bonds is 2. The lowest BCUT2D eigenvalue weighted by Crippen LogP contribution is -2.26. The number of hydrogen-bond acceptors (Lipinski definition) is 4. The highest BCUT2D eigenvalue weighted by Crippen LogP contribution is 2.47. The van der Waals surface area contributed by atoms with Gasteiger partial charge >= 0.3 is 0 Å². The molecule has 0 amide bonds. The summed E-state index contributed by atoms with van der Waals surface area (Å²) in [6.45, 7) is 1.54. The Balaban J connectivity index is 0.00000120. The molecule has 2 aliphatic rings. The van der Waals surface area contributed by atoms with Crippen molar-refractivity contribution in [1.82, 2.24) is 25.1 Å². The van der Waals surface area contributed by atoms with Crippen LogP contribution in [0, 0.1) is 0 Å². The number of benzene rings is 1. The number of pyridine rings is 1. The van der Waals surface area contributed by atoms with Crippen LogP contribution in [0.3, 0.4) is 0 Å². The number of alkyl halides is 1. The number of fused-ring (bicyclic) bond motifs is 3. The zero-order valence-corrected chi connectivity index (χ0v) is 18.3. The first-order valence-electron chi connectivity index (χ1n) is 9.56. The van der Waals surface area contributed by atoms with Crippen LogP contribution in [0.25, 0.3) is 5.69 Å². The Morgan fingerprint density at radius 1 is 1.07 bits per heavy atom. The molecule has 3 heterocycles. The molecule has 5 nitrogen and oxygen atoms in total. The summed E-state index contributed by atoms with van der Waals surface area (Å²) >= 11 is 7.14. The van der Waals surface area contributed by atoms with E-state index in [1.807, 2.05) is 12.3 Å². The first kappa shape index (κ1) is 22.0. The van der Waals surface area contributed by atoms with E-state index in [9.17, 15) is 0 Å². The quantitative estimate of drug-likeness (QED) is 0.562. The van der Waals surface area contributed by atoms with Crippen LogP contribution in [-0.4, -0.2) is 19.7 Å². The van der Waals surface area contributed by atoms with E-state index < -0.39 is 0 Å². The van der Waals surface area contributed by atoms with Gasteiger partial charge in [-0.15, -0.1) is 46.6 Å². The monoisotopic (exact) mass is 451 g/mol. The molecule has 0 spiro atoms. The van der Waals surface area contributed by atoms with Crippen molar-refractivity contribution < 1.29 is 0 Å². The maximum absolute atomic E-state index is 7.14. The largest absolute Gasteiger partial charge is 0.306 e. The van der Waals surface area contributed by atoms with E-state index in [-0.39, 0.29) is 29.7 Å². The minimum absolute atomic E-state index is 0. The van der Waals surface area contributed by atoms with Crippen LogP contribution in [0.1, 0.15) is 54.2 Å². The van der Waals surface area contributed by atoms with Crippen molar-refractivity contribution in [2.75, 3.05) is 0 Å². The second kappa shape index (κ2) is 9.00. The highest BCUT2D eigenvalue weighted by molar-refractivity contribution is 6.24. The standard InChI is InChI=1S/C21H22ClN5.2ClH/c22-21(8-6-15(7-9-21)18-3-1-2-10-24-18)17-4-5-19-16(11-17)12-23-13-20-26-25-14-27(19)20;;/h1-5,10-11,14-15,23H,6-9,12-13H2;2*1H. The summed E-state index contributed by atoms with van der Waals surface area (Å²) in [5, 5.41) is 11.7. The summed E-state index contributed by atoms with van der Waals surface area (Å²) in [4.78, 5) is 4.25. The van der Waals surface area contributed by atoms with E-state index in [4.69, 9.17) is 11.6 Å². The van der Waals surface area contributed by atoms with E-state index in [1.165, 1.54) is 16.8 Å². The zero-order chi connectivity index (χ0) is 18.3. The number of nitrogens with one attached hydrogen (secondary N) is 1. The van der Waals surface area contributed by atoms with Crippen molar-refractivity contribution in [3.05, 3.63) is 71.6 Å². The molecule has 154 valence electrons. The molecule has 8 heteroatoms. The number of halogens is 3. The fourth-order valence-corrected chi connectivity index (χ4v) is 4.74. The van der Waals surface area contributed by atoms with Crippen molar-refractivity contribution in [3.63, 3.8) is 0 Å². The third kappa shape index (κ3) is 4.15. The van der Waals surface area contributed by atoms with Crippen molar-refractivity contribution in [1.29, 1.82) is 0 Å². The molecular weight excluding hydrogens is 429 g/mol. The summed E-state index contributed by atoms with van der Waals surface area (Å²) in [5.41, 5.74) is 4.81. The Morgan fingerprint density at radius 2 is 1.90 bits per heavy atom. The Labute approximate surface area is 188 Å². The highest BCUT2D eigenvalue weighted by atomic mass is 35.5. The molecule has 5 rings (SSSR count). The normalized spacial score (nSPS) is 23.0. The van der Waals surface area contributed by atoms with Crippen LogP contribution in [0.15, 0.2) is 48.9 Å². The van der Waals surface area contributed by atoms with Crippen LogP contribution in [0.4, 0.5) is 0 Å². The topological polar surface area (TPSA) is 55.6 Å². The van der Waals surface area contributed by atoms with Gasteiger partial charge in [0.25, 0.3) is 0 Å². The Morgan fingerprint density at radius 3 is 2.66 bits per heavy atom. The molecule has 1 saturated carbocycles. The Kier molecular flexibility index (Phi) is 6.84. The number of nitrogens with zero attached hydrogens (tertiary/aromatic N) is 4. The third-order valence-corrected chi connectivity index (χ3v) is 6.55. The Bertz CT molecular complexity index is 952. The molecule has 0 saturated heterocycles. The second-order valence-electron chi connectivity index (χ2n) is 7.56. The van der Waals surface area contributed by atoms with E-state index in [0.717, 1.165) is 50.3 Å². The molecule has 0 atom stereocenters. The lowest BCUT2D eigenvalue weighted by Gasteiger charge is -2.36. The molecule has 0 unspecified atom stereocenters. The van der Waals surface area contributed by atoms with Gasteiger partial charge in [-0.1, -0.05) is 18.2 Å². The van der Waals surface area contributed by atoms with Crippen LogP contribution < -0.4 is 5.32 Å².